The van der Waals surface area contributed by atoms with Crippen LogP contribution in [0.4, 0.5) is 0 Å². The molecule has 0 bridgehead atoms. The van der Waals surface area contributed by atoms with Gasteiger partial charge in [-0.15, -0.1) is 0 Å². The maximum Gasteiger partial charge on any atom is 0.227 e. The third-order valence-electron chi connectivity index (χ3n) is 0.653. The monoisotopic (exact) mass is 98.1 g/mol. The third-order valence-corrected chi connectivity index (χ3v) is 0.653. The second-order valence-corrected chi connectivity index (χ2v) is 1.19. The maximum atomic E-state index is 9.49. The Balaban J connectivity index is 3.49. The molecule has 39 valence electrons. The summed E-state index contributed by atoms with van der Waals surface area (Å²) >= 11 is 0. The minimum absolute atomic E-state index is 0.579. The van der Waals surface area contributed by atoms with Gasteiger partial charge >= 0.3 is 0 Å². The van der Waals surface area contributed by atoms with Crippen molar-refractivity contribution in [3.63, 3.8) is 0 Å². The van der Waals surface area contributed by atoms with Gasteiger partial charge in [-0.25, -0.2) is 0 Å². The lowest BCUT2D eigenvalue weighted by Gasteiger charge is -1.85. The Morgan fingerprint density at radius 3 is 2.71 bits per heavy atom. The van der Waals surface area contributed by atoms with Crippen LogP contribution >= 0.6 is 0 Å². The summed E-state index contributed by atoms with van der Waals surface area (Å²) in [5, 5.41) is 0. The molecule has 0 atom stereocenters. The summed E-state index contributed by atoms with van der Waals surface area (Å²) in [5.74, 6) is 0. The summed E-state index contributed by atoms with van der Waals surface area (Å²) in [4.78, 5) is 9.49. The van der Waals surface area contributed by atoms with Gasteiger partial charge in [0.05, 0.1) is 0 Å². The van der Waals surface area contributed by atoms with Crippen molar-refractivity contribution < 1.29 is 4.79 Å². The fraction of sp³-hybridized carbons (Fsp3) is 0.400. The lowest BCUT2D eigenvalue weighted by atomic mass is 10.3. The standard InChI is InChI=1S/C5H8NO/c1-2-5(6)3-4-7/h3H,2,6H2,1H3/b5-3-. The summed E-state index contributed by atoms with van der Waals surface area (Å²) in [6.45, 7) is 1.88. The number of hydrogen-bond donors (Lipinski definition) is 1. The fourth-order valence-electron chi connectivity index (χ4n) is 0.178. The maximum absolute atomic E-state index is 9.49. The lowest BCUT2D eigenvalue weighted by Crippen LogP contribution is -1.93. The molecule has 2 heteroatoms. The van der Waals surface area contributed by atoms with E-state index in [1.165, 1.54) is 6.08 Å². The van der Waals surface area contributed by atoms with Crippen LogP contribution in [0.2, 0.25) is 0 Å². The Hall–Kier alpha value is -0.790. The highest BCUT2D eigenvalue weighted by Crippen LogP contribution is 1.84. The van der Waals surface area contributed by atoms with Crippen LogP contribution in [-0.2, 0) is 4.79 Å². The van der Waals surface area contributed by atoms with Crippen molar-refractivity contribution >= 4 is 6.29 Å². The first-order valence-corrected chi connectivity index (χ1v) is 2.13. The molecule has 0 amide bonds. The molecular formula is C5H8NO. The van der Waals surface area contributed by atoms with Gasteiger partial charge in [-0.2, -0.15) is 0 Å². The van der Waals surface area contributed by atoms with Gasteiger partial charge < -0.3 is 5.73 Å². The number of carbonyl (C=O) groups excluding carboxylic acids is 1. The van der Waals surface area contributed by atoms with Crippen molar-refractivity contribution in [3.05, 3.63) is 11.8 Å². The van der Waals surface area contributed by atoms with E-state index in [2.05, 4.69) is 0 Å². The van der Waals surface area contributed by atoms with E-state index < -0.39 is 0 Å². The van der Waals surface area contributed by atoms with Crippen LogP contribution in [0.3, 0.4) is 0 Å². The average Bonchev–Trinajstić information content (AvgIpc) is 1.68. The summed E-state index contributed by atoms with van der Waals surface area (Å²) in [7, 11) is 0. The first-order chi connectivity index (χ1) is 3.31. The van der Waals surface area contributed by atoms with Crippen LogP contribution in [0, 0.1) is 0 Å². The highest BCUT2D eigenvalue weighted by atomic mass is 16.1. The minimum Gasteiger partial charge on any atom is -0.402 e. The zero-order valence-electron chi connectivity index (χ0n) is 4.27. The van der Waals surface area contributed by atoms with E-state index in [0.29, 0.717) is 5.70 Å². The highest BCUT2D eigenvalue weighted by Gasteiger charge is 1.78. The molecule has 0 aliphatic heterocycles. The summed E-state index contributed by atoms with van der Waals surface area (Å²) in [5.41, 5.74) is 5.76. The van der Waals surface area contributed by atoms with E-state index in [9.17, 15) is 4.79 Å². The molecule has 0 unspecified atom stereocenters. The molecule has 7 heavy (non-hydrogen) atoms. The van der Waals surface area contributed by atoms with Gasteiger partial charge in [-0.3, -0.25) is 4.79 Å². The van der Waals surface area contributed by atoms with E-state index in [0.717, 1.165) is 6.42 Å². The number of nitrogens with two attached hydrogens (primary N) is 1. The summed E-state index contributed by atoms with van der Waals surface area (Å²) < 4.78 is 0. The van der Waals surface area contributed by atoms with Crippen molar-refractivity contribution in [2.24, 2.45) is 5.73 Å². The van der Waals surface area contributed by atoms with Gasteiger partial charge in [-0.1, -0.05) is 6.92 Å². The first kappa shape index (κ1) is 6.21. The second-order valence-electron chi connectivity index (χ2n) is 1.19. The Morgan fingerprint density at radius 1 is 2.00 bits per heavy atom. The molecule has 0 saturated carbocycles. The van der Waals surface area contributed by atoms with Gasteiger partial charge in [0.2, 0.25) is 6.29 Å². The van der Waals surface area contributed by atoms with Crippen molar-refractivity contribution in [1.82, 2.24) is 0 Å². The van der Waals surface area contributed by atoms with Crippen molar-refractivity contribution in [3.8, 4) is 0 Å². The Kier molecular flexibility index (Phi) is 3.02. The van der Waals surface area contributed by atoms with Gasteiger partial charge in [-0.05, 0) is 6.42 Å². The molecule has 0 aliphatic rings. The van der Waals surface area contributed by atoms with Crippen LogP contribution in [0.1, 0.15) is 13.3 Å². The van der Waals surface area contributed by atoms with E-state index in [-0.39, 0.29) is 0 Å². The first-order valence-electron chi connectivity index (χ1n) is 2.13. The Labute approximate surface area is 43.0 Å². The fourth-order valence-corrected chi connectivity index (χ4v) is 0.178. The van der Waals surface area contributed by atoms with E-state index >= 15 is 0 Å². The molecule has 1 radical (unpaired) electrons. The number of allylic oxidation sites excluding steroid dienone is 2. The highest BCUT2D eigenvalue weighted by molar-refractivity contribution is 5.66. The molecule has 0 aromatic heterocycles. The largest absolute Gasteiger partial charge is 0.402 e. The predicted molar refractivity (Wildman–Crippen MR) is 28.3 cm³/mol. The molecule has 0 aromatic carbocycles. The third kappa shape index (κ3) is 3.03. The van der Waals surface area contributed by atoms with Crippen molar-refractivity contribution in [2.75, 3.05) is 0 Å². The predicted octanol–water partition coefficient (Wildman–Crippen LogP) is 0.349. The zero-order chi connectivity index (χ0) is 5.70. The van der Waals surface area contributed by atoms with Crippen LogP contribution in [-0.4, -0.2) is 6.29 Å². The van der Waals surface area contributed by atoms with Gasteiger partial charge in [0.25, 0.3) is 0 Å². The molecule has 0 saturated heterocycles. The van der Waals surface area contributed by atoms with E-state index in [1.807, 2.05) is 6.92 Å². The Morgan fingerprint density at radius 2 is 2.57 bits per heavy atom. The molecule has 0 aromatic rings. The lowest BCUT2D eigenvalue weighted by molar-refractivity contribution is 0.564. The van der Waals surface area contributed by atoms with Crippen LogP contribution in [0.25, 0.3) is 0 Å². The number of rotatable bonds is 2. The summed E-state index contributed by atoms with van der Waals surface area (Å²) in [6.07, 6.45) is 3.53. The minimum atomic E-state index is 0.579. The second kappa shape index (κ2) is 3.40. The molecule has 0 fully saturated rings. The Bertz CT molecular complexity index is 86.1. The van der Waals surface area contributed by atoms with Crippen molar-refractivity contribution in [1.29, 1.82) is 0 Å². The van der Waals surface area contributed by atoms with Gasteiger partial charge in [0.1, 0.15) is 0 Å². The average molecular weight is 98.1 g/mol. The van der Waals surface area contributed by atoms with Crippen LogP contribution in [0.5, 0.6) is 0 Å². The van der Waals surface area contributed by atoms with Crippen molar-refractivity contribution in [2.45, 2.75) is 13.3 Å². The topological polar surface area (TPSA) is 43.1 Å². The van der Waals surface area contributed by atoms with Gasteiger partial charge in [0, 0.05) is 11.8 Å². The smallest absolute Gasteiger partial charge is 0.227 e. The molecule has 0 heterocycles. The molecular weight excluding hydrogens is 90.1 g/mol. The quantitative estimate of drug-likeness (QED) is 0.506. The zero-order valence-corrected chi connectivity index (χ0v) is 4.27. The summed E-state index contributed by atoms with van der Waals surface area (Å²) in [6, 6.07) is 0. The molecule has 0 aliphatic carbocycles. The number of hydrogen-bond acceptors (Lipinski definition) is 2. The SMILES string of the molecule is CC/C(N)=C/[C]=O. The van der Waals surface area contributed by atoms with E-state index in [4.69, 9.17) is 5.73 Å². The van der Waals surface area contributed by atoms with Crippen LogP contribution < -0.4 is 5.73 Å². The molecule has 0 spiro atoms. The molecule has 2 nitrogen and oxygen atoms in total. The van der Waals surface area contributed by atoms with Crippen LogP contribution in [0.15, 0.2) is 11.8 Å². The molecule has 2 N–H and O–H groups in total. The van der Waals surface area contributed by atoms with Gasteiger partial charge in [0.15, 0.2) is 0 Å². The normalized spacial score (nSPS) is 11.3. The molecule has 0 rings (SSSR count). The van der Waals surface area contributed by atoms with E-state index in [1.54, 1.807) is 6.29 Å².